The van der Waals surface area contributed by atoms with E-state index in [9.17, 15) is 14.4 Å². The smallest absolute Gasteiger partial charge is 0.360 e. The zero-order valence-corrected chi connectivity index (χ0v) is 12.8. The number of fused-ring (bicyclic) bond motifs is 1. The van der Waals surface area contributed by atoms with E-state index in [1.54, 1.807) is 0 Å². The minimum absolute atomic E-state index is 0.199. The van der Waals surface area contributed by atoms with Crippen LogP contribution in [0.1, 0.15) is 11.7 Å². The molecule has 0 saturated heterocycles. The van der Waals surface area contributed by atoms with Crippen LogP contribution in [0.3, 0.4) is 0 Å². The quantitative estimate of drug-likeness (QED) is 0.665. The Kier molecular flexibility index (Phi) is 4.99. The number of aromatic nitrogens is 1. The number of nitrogens with zero attached hydrogens (tertiary/aromatic N) is 1. The molecule has 1 aromatic heterocycles. The van der Waals surface area contributed by atoms with Crippen LogP contribution in [-0.2, 0) is 14.3 Å². The predicted octanol–water partition coefficient (Wildman–Crippen LogP) is 1.41. The van der Waals surface area contributed by atoms with Crippen molar-refractivity contribution in [2.75, 3.05) is 13.0 Å². The number of halogens is 2. The molecule has 1 amide bonds. The van der Waals surface area contributed by atoms with Gasteiger partial charge in [0.15, 0.2) is 17.3 Å². The fraction of sp³-hybridized carbons (Fsp3) is 0.231. The first-order chi connectivity index (χ1) is 10.5. The summed E-state index contributed by atoms with van der Waals surface area (Å²) in [5.74, 6) is -1.93. The third kappa shape index (κ3) is 3.37. The summed E-state index contributed by atoms with van der Waals surface area (Å²) in [6, 6.07) is 3.04. The molecule has 0 aliphatic carbocycles. The van der Waals surface area contributed by atoms with E-state index in [0.717, 1.165) is 7.11 Å². The number of rotatable bonds is 4. The summed E-state index contributed by atoms with van der Waals surface area (Å²) in [4.78, 5) is 39.2. The molecule has 116 valence electrons. The lowest BCUT2D eigenvalue weighted by molar-refractivity contribution is -0.145. The van der Waals surface area contributed by atoms with Gasteiger partial charge in [-0.25, -0.2) is 14.6 Å². The summed E-state index contributed by atoms with van der Waals surface area (Å²) in [7, 11) is 1.11. The first-order valence-electron chi connectivity index (χ1n) is 5.99. The van der Waals surface area contributed by atoms with Gasteiger partial charge >= 0.3 is 11.6 Å². The number of benzene rings is 1. The zero-order chi connectivity index (χ0) is 16.3. The highest BCUT2D eigenvalue weighted by Crippen LogP contribution is 2.18. The summed E-state index contributed by atoms with van der Waals surface area (Å²) in [5.41, 5.74) is -0.735. The SMILES string of the molecule is COC(=O)C(NC(=O)CCl)c1nc2cc(Cl)ccc2oc1=O. The number of esters is 1. The minimum Gasteiger partial charge on any atom is -0.467 e. The molecule has 0 aliphatic heterocycles. The van der Waals surface area contributed by atoms with Crippen molar-refractivity contribution >= 4 is 46.2 Å². The van der Waals surface area contributed by atoms with Gasteiger partial charge in [0.05, 0.1) is 7.11 Å². The summed E-state index contributed by atoms with van der Waals surface area (Å²) < 4.78 is 9.63. The number of alkyl halides is 1. The second-order valence-electron chi connectivity index (χ2n) is 4.16. The number of nitrogens with one attached hydrogen (secondary N) is 1. The van der Waals surface area contributed by atoms with Gasteiger partial charge in [-0.05, 0) is 18.2 Å². The van der Waals surface area contributed by atoms with Crippen molar-refractivity contribution in [1.82, 2.24) is 10.3 Å². The molecule has 1 heterocycles. The van der Waals surface area contributed by atoms with Crippen molar-refractivity contribution in [1.29, 1.82) is 0 Å². The van der Waals surface area contributed by atoms with Gasteiger partial charge in [-0.2, -0.15) is 0 Å². The van der Waals surface area contributed by atoms with E-state index in [-0.39, 0.29) is 16.8 Å². The minimum atomic E-state index is -1.42. The normalized spacial score (nSPS) is 12.0. The van der Waals surface area contributed by atoms with E-state index in [1.807, 2.05) is 0 Å². The van der Waals surface area contributed by atoms with Gasteiger partial charge in [-0.15, -0.1) is 11.6 Å². The van der Waals surface area contributed by atoms with Crippen molar-refractivity contribution in [2.24, 2.45) is 0 Å². The number of carbonyl (C=O) groups excluding carboxylic acids is 2. The maximum absolute atomic E-state index is 12.0. The average Bonchev–Trinajstić information content (AvgIpc) is 2.51. The van der Waals surface area contributed by atoms with Gasteiger partial charge in [0, 0.05) is 5.02 Å². The maximum atomic E-state index is 12.0. The Morgan fingerprint density at radius 1 is 1.45 bits per heavy atom. The van der Waals surface area contributed by atoms with Crippen molar-refractivity contribution < 1.29 is 18.7 Å². The molecule has 0 spiro atoms. The van der Waals surface area contributed by atoms with Crippen LogP contribution >= 0.6 is 23.2 Å². The van der Waals surface area contributed by atoms with Gasteiger partial charge < -0.3 is 14.5 Å². The van der Waals surface area contributed by atoms with E-state index in [2.05, 4.69) is 15.0 Å². The van der Waals surface area contributed by atoms with Crippen LogP contribution in [-0.4, -0.2) is 29.9 Å². The number of carbonyl (C=O) groups is 2. The van der Waals surface area contributed by atoms with Gasteiger partial charge in [0.2, 0.25) is 5.91 Å². The molecule has 0 saturated carbocycles. The lowest BCUT2D eigenvalue weighted by Crippen LogP contribution is -2.38. The first-order valence-corrected chi connectivity index (χ1v) is 6.91. The topological polar surface area (TPSA) is 98.5 Å². The van der Waals surface area contributed by atoms with Crippen molar-refractivity contribution in [3.63, 3.8) is 0 Å². The molecule has 1 aromatic carbocycles. The maximum Gasteiger partial charge on any atom is 0.360 e. The molecule has 9 heteroatoms. The summed E-state index contributed by atoms with van der Waals surface area (Å²) in [5, 5.41) is 2.63. The van der Waals surface area contributed by atoms with Crippen LogP contribution in [0.5, 0.6) is 0 Å². The number of amides is 1. The molecular formula is C13H10Cl2N2O5. The van der Waals surface area contributed by atoms with E-state index >= 15 is 0 Å². The van der Waals surface area contributed by atoms with E-state index in [0.29, 0.717) is 5.02 Å². The third-order valence-corrected chi connectivity index (χ3v) is 3.19. The molecular weight excluding hydrogens is 335 g/mol. The van der Waals surface area contributed by atoms with Gasteiger partial charge in [-0.1, -0.05) is 11.6 Å². The largest absolute Gasteiger partial charge is 0.467 e. The Balaban J connectivity index is 2.56. The van der Waals surface area contributed by atoms with Crippen LogP contribution in [0.4, 0.5) is 0 Å². The fourth-order valence-electron chi connectivity index (χ4n) is 1.73. The number of ether oxygens (including phenoxy) is 1. The fourth-order valence-corrected chi connectivity index (χ4v) is 1.97. The Bertz CT molecular complexity index is 790. The molecule has 0 bridgehead atoms. The van der Waals surface area contributed by atoms with Gasteiger partial charge in [-0.3, -0.25) is 4.79 Å². The molecule has 0 fully saturated rings. The van der Waals surface area contributed by atoms with Crippen molar-refractivity contribution in [3.8, 4) is 0 Å². The molecule has 0 aliphatic rings. The Hall–Kier alpha value is -2.12. The molecule has 22 heavy (non-hydrogen) atoms. The molecule has 2 aromatic rings. The van der Waals surface area contributed by atoms with Crippen molar-refractivity contribution in [3.05, 3.63) is 39.3 Å². The number of hydrogen-bond acceptors (Lipinski definition) is 6. The molecule has 2 rings (SSSR count). The van der Waals surface area contributed by atoms with Crippen LogP contribution in [0, 0.1) is 0 Å². The second-order valence-corrected chi connectivity index (χ2v) is 4.86. The molecule has 1 unspecified atom stereocenters. The van der Waals surface area contributed by atoms with Crippen LogP contribution in [0.2, 0.25) is 5.02 Å². The van der Waals surface area contributed by atoms with E-state index in [4.69, 9.17) is 27.6 Å². The Labute approximate surface area is 134 Å². The van der Waals surface area contributed by atoms with Crippen LogP contribution < -0.4 is 10.9 Å². The summed E-state index contributed by atoms with van der Waals surface area (Å²) in [6.45, 7) is 0. The summed E-state index contributed by atoms with van der Waals surface area (Å²) in [6.07, 6.45) is 0. The Morgan fingerprint density at radius 2 is 2.18 bits per heavy atom. The number of methoxy groups -OCH3 is 1. The molecule has 0 radical (unpaired) electrons. The second kappa shape index (κ2) is 6.76. The van der Waals surface area contributed by atoms with Gasteiger partial charge in [0.1, 0.15) is 11.4 Å². The molecule has 1 atom stereocenters. The predicted molar refractivity (Wildman–Crippen MR) is 78.9 cm³/mol. The van der Waals surface area contributed by atoms with E-state index in [1.165, 1.54) is 18.2 Å². The average molecular weight is 345 g/mol. The Morgan fingerprint density at radius 3 is 2.82 bits per heavy atom. The van der Waals surface area contributed by atoms with Crippen LogP contribution in [0.15, 0.2) is 27.4 Å². The monoisotopic (exact) mass is 344 g/mol. The first kappa shape index (κ1) is 16.3. The lowest BCUT2D eigenvalue weighted by Gasteiger charge is -2.14. The molecule has 7 nitrogen and oxygen atoms in total. The molecule has 1 N–H and O–H groups in total. The number of hydrogen-bond donors (Lipinski definition) is 1. The van der Waals surface area contributed by atoms with Gasteiger partial charge in [0.25, 0.3) is 0 Å². The highest BCUT2D eigenvalue weighted by molar-refractivity contribution is 6.31. The standard InChI is InChI=1S/C13H10Cl2N2O5/c1-21-12(19)10(17-9(18)5-14)11-13(20)22-8-3-2-6(15)4-7(8)16-11/h2-4,10H,5H2,1H3,(H,17,18). The highest BCUT2D eigenvalue weighted by Gasteiger charge is 2.29. The van der Waals surface area contributed by atoms with Crippen molar-refractivity contribution in [2.45, 2.75) is 6.04 Å². The lowest BCUT2D eigenvalue weighted by atomic mass is 10.2. The highest BCUT2D eigenvalue weighted by atomic mass is 35.5. The van der Waals surface area contributed by atoms with E-state index < -0.39 is 29.4 Å². The zero-order valence-electron chi connectivity index (χ0n) is 11.3. The van der Waals surface area contributed by atoms with Crippen LogP contribution in [0.25, 0.3) is 11.1 Å². The summed E-state index contributed by atoms with van der Waals surface area (Å²) >= 11 is 11.2. The third-order valence-electron chi connectivity index (χ3n) is 2.71.